The van der Waals surface area contributed by atoms with Gasteiger partial charge in [0, 0.05) is 0 Å². The lowest BCUT2D eigenvalue weighted by atomic mass is 10.5. The summed E-state index contributed by atoms with van der Waals surface area (Å²) in [6, 6.07) is 1.73. The molecule has 0 saturated carbocycles. The van der Waals surface area contributed by atoms with Crippen LogP contribution >= 0.6 is 27.3 Å². The Morgan fingerprint density at radius 2 is 2.50 bits per heavy atom. The van der Waals surface area contributed by atoms with E-state index in [-0.39, 0.29) is 0 Å². The van der Waals surface area contributed by atoms with Crippen LogP contribution in [0.3, 0.4) is 0 Å². The van der Waals surface area contributed by atoms with Gasteiger partial charge in [0.05, 0.1) is 16.5 Å². The molecular formula is C6H5BrO2S. The first-order valence-electron chi connectivity index (χ1n) is 2.56. The number of methoxy groups -OCH3 is 1. The molecule has 0 radical (unpaired) electrons. The third-order valence-electron chi connectivity index (χ3n) is 0.976. The van der Waals surface area contributed by atoms with E-state index in [0.29, 0.717) is 4.88 Å². The zero-order valence-corrected chi connectivity index (χ0v) is 7.66. The van der Waals surface area contributed by atoms with Crippen LogP contribution in [0.15, 0.2) is 10.5 Å². The van der Waals surface area contributed by atoms with Crippen molar-refractivity contribution in [3.63, 3.8) is 0 Å². The van der Waals surface area contributed by atoms with E-state index in [1.807, 2.05) is 0 Å². The van der Waals surface area contributed by atoms with Crippen LogP contribution in [0.1, 0.15) is 9.67 Å². The monoisotopic (exact) mass is 220 g/mol. The van der Waals surface area contributed by atoms with Gasteiger partial charge in [-0.2, -0.15) is 0 Å². The van der Waals surface area contributed by atoms with Gasteiger partial charge in [0.2, 0.25) is 0 Å². The lowest BCUT2D eigenvalue weighted by molar-refractivity contribution is 0.112. The lowest BCUT2D eigenvalue weighted by Crippen LogP contribution is -1.75. The van der Waals surface area contributed by atoms with Gasteiger partial charge >= 0.3 is 0 Å². The van der Waals surface area contributed by atoms with Gasteiger partial charge in [-0.15, -0.1) is 0 Å². The Hall–Kier alpha value is -0.350. The van der Waals surface area contributed by atoms with Crippen molar-refractivity contribution in [3.05, 3.63) is 15.4 Å². The molecule has 54 valence electrons. The molecule has 1 aromatic rings. The first kappa shape index (κ1) is 7.75. The van der Waals surface area contributed by atoms with E-state index in [9.17, 15) is 4.79 Å². The highest BCUT2D eigenvalue weighted by atomic mass is 79.9. The SMILES string of the molecule is COc1sc(C=O)cc1Br. The van der Waals surface area contributed by atoms with Crippen molar-refractivity contribution in [1.82, 2.24) is 0 Å². The molecular weight excluding hydrogens is 216 g/mol. The van der Waals surface area contributed by atoms with E-state index >= 15 is 0 Å². The Balaban J connectivity index is 3.03. The van der Waals surface area contributed by atoms with Crippen LogP contribution in [0.5, 0.6) is 5.06 Å². The van der Waals surface area contributed by atoms with Gasteiger partial charge in [0.25, 0.3) is 0 Å². The number of thiophene rings is 1. The third-order valence-corrected chi connectivity index (χ3v) is 2.85. The third kappa shape index (κ3) is 1.38. The molecule has 0 atom stereocenters. The van der Waals surface area contributed by atoms with Crippen LogP contribution in [0.25, 0.3) is 0 Å². The summed E-state index contributed by atoms with van der Waals surface area (Å²) in [6.07, 6.45) is 0.804. The maximum atomic E-state index is 10.2. The maximum Gasteiger partial charge on any atom is 0.188 e. The number of hydrogen-bond donors (Lipinski definition) is 0. The molecule has 0 spiro atoms. The molecule has 1 aromatic heterocycles. The molecule has 1 heterocycles. The van der Waals surface area contributed by atoms with Gasteiger partial charge < -0.3 is 4.74 Å². The van der Waals surface area contributed by atoms with Crippen molar-refractivity contribution < 1.29 is 9.53 Å². The number of carbonyl (C=O) groups excluding carboxylic acids is 1. The van der Waals surface area contributed by atoms with E-state index in [2.05, 4.69) is 15.9 Å². The van der Waals surface area contributed by atoms with Crippen molar-refractivity contribution in [2.24, 2.45) is 0 Å². The average Bonchev–Trinajstić information content (AvgIpc) is 2.30. The van der Waals surface area contributed by atoms with Crippen LogP contribution < -0.4 is 4.74 Å². The van der Waals surface area contributed by atoms with Crippen molar-refractivity contribution in [2.45, 2.75) is 0 Å². The predicted octanol–water partition coefficient (Wildman–Crippen LogP) is 2.33. The standard InChI is InChI=1S/C6H5BrO2S/c1-9-6-5(7)2-4(3-8)10-6/h2-3H,1H3. The highest BCUT2D eigenvalue weighted by Gasteiger charge is 2.04. The largest absolute Gasteiger partial charge is 0.486 e. The number of ether oxygens (including phenoxy) is 1. The Kier molecular flexibility index (Phi) is 2.45. The minimum atomic E-state index is 0.670. The van der Waals surface area contributed by atoms with Crippen molar-refractivity contribution in [3.8, 4) is 5.06 Å². The Morgan fingerprint density at radius 1 is 1.80 bits per heavy atom. The molecule has 0 N–H and O–H groups in total. The molecule has 0 aliphatic heterocycles. The number of carbonyl (C=O) groups is 1. The van der Waals surface area contributed by atoms with Crippen molar-refractivity contribution >= 4 is 33.6 Å². The Bertz CT molecular complexity index is 244. The molecule has 0 unspecified atom stereocenters. The Labute approximate surface area is 70.9 Å². The molecule has 0 amide bonds. The summed E-state index contributed by atoms with van der Waals surface area (Å²) in [5, 5.41) is 0.738. The zero-order valence-electron chi connectivity index (χ0n) is 5.26. The molecule has 0 saturated heterocycles. The van der Waals surface area contributed by atoms with Crippen LogP contribution in [0.2, 0.25) is 0 Å². The minimum Gasteiger partial charge on any atom is -0.486 e. The molecule has 4 heteroatoms. The quantitative estimate of drug-likeness (QED) is 0.716. The van der Waals surface area contributed by atoms with Crippen LogP contribution in [-0.2, 0) is 0 Å². The number of halogens is 1. The molecule has 0 aliphatic rings. The summed E-state index contributed by atoms with van der Waals surface area (Å²) >= 11 is 4.57. The van der Waals surface area contributed by atoms with Gasteiger partial charge in [0.1, 0.15) is 0 Å². The van der Waals surface area contributed by atoms with Crippen LogP contribution in [0.4, 0.5) is 0 Å². The summed E-state index contributed by atoms with van der Waals surface area (Å²) in [5.74, 6) is 0. The van der Waals surface area contributed by atoms with Crippen molar-refractivity contribution in [2.75, 3.05) is 7.11 Å². The molecule has 0 bridgehead atoms. The molecule has 2 nitrogen and oxygen atoms in total. The van der Waals surface area contributed by atoms with E-state index in [1.54, 1.807) is 13.2 Å². The number of aldehydes is 1. The second kappa shape index (κ2) is 3.16. The van der Waals surface area contributed by atoms with Gasteiger partial charge in [-0.3, -0.25) is 4.79 Å². The molecule has 0 aromatic carbocycles. The highest BCUT2D eigenvalue weighted by Crippen LogP contribution is 2.33. The molecule has 1 rings (SSSR count). The zero-order chi connectivity index (χ0) is 7.56. The van der Waals surface area contributed by atoms with E-state index in [1.165, 1.54) is 11.3 Å². The normalized spacial score (nSPS) is 9.40. The fourth-order valence-electron chi connectivity index (χ4n) is 0.566. The van der Waals surface area contributed by atoms with Crippen LogP contribution in [-0.4, -0.2) is 13.4 Å². The second-order valence-corrected chi connectivity index (χ2v) is 3.51. The fraction of sp³-hybridized carbons (Fsp3) is 0.167. The van der Waals surface area contributed by atoms with Gasteiger partial charge in [0.15, 0.2) is 11.3 Å². The molecule has 0 fully saturated rings. The summed E-state index contributed by atoms with van der Waals surface area (Å²) in [4.78, 5) is 10.9. The second-order valence-electron chi connectivity index (χ2n) is 1.61. The highest BCUT2D eigenvalue weighted by molar-refractivity contribution is 9.10. The van der Waals surface area contributed by atoms with E-state index in [4.69, 9.17) is 4.74 Å². The first-order chi connectivity index (χ1) is 4.77. The minimum absolute atomic E-state index is 0.670. The first-order valence-corrected chi connectivity index (χ1v) is 4.17. The summed E-state index contributed by atoms with van der Waals surface area (Å²) in [7, 11) is 1.57. The summed E-state index contributed by atoms with van der Waals surface area (Å²) < 4.78 is 5.78. The van der Waals surface area contributed by atoms with E-state index < -0.39 is 0 Å². The smallest absolute Gasteiger partial charge is 0.188 e. The van der Waals surface area contributed by atoms with Gasteiger partial charge in [-0.1, -0.05) is 11.3 Å². The maximum absolute atomic E-state index is 10.2. The number of hydrogen-bond acceptors (Lipinski definition) is 3. The molecule has 10 heavy (non-hydrogen) atoms. The van der Waals surface area contributed by atoms with Gasteiger partial charge in [-0.25, -0.2) is 0 Å². The Morgan fingerprint density at radius 3 is 2.80 bits per heavy atom. The average molecular weight is 221 g/mol. The fourth-order valence-corrected chi connectivity index (χ4v) is 2.05. The van der Waals surface area contributed by atoms with Gasteiger partial charge in [-0.05, 0) is 22.0 Å². The van der Waals surface area contributed by atoms with Crippen LogP contribution in [0, 0.1) is 0 Å². The topological polar surface area (TPSA) is 26.3 Å². The molecule has 0 aliphatic carbocycles. The summed E-state index contributed by atoms with van der Waals surface area (Å²) in [6.45, 7) is 0. The van der Waals surface area contributed by atoms with E-state index in [0.717, 1.165) is 15.8 Å². The summed E-state index contributed by atoms with van der Waals surface area (Å²) in [5.41, 5.74) is 0. The van der Waals surface area contributed by atoms with Crippen molar-refractivity contribution in [1.29, 1.82) is 0 Å². The predicted molar refractivity (Wildman–Crippen MR) is 44.0 cm³/mol. The number of rotatable bonds is 2. The lowest BCUT2D eigenvalue weighted by Gasteiger charge is -1.90.